The predicted octanol–water partition coefficient (Wildman–Crippen LogP) is 2.75. The number of fused-ring (bicyclic) bond motifs is 3. The van der Waals surface area contributed by atoms with Gasteiger partial charge >= 0.3 is 6.03 Å². The van der Waals surface area contributed by atoms with Crippen LogP contribution >= 0.6 is 0 Å². The Morgan fingerprint density at radius 1 is 1.29 bits per heavy atom. The third-order valence-electron chi connectivity index (χ3n) is 6.63. The first-order valence-corrected chi connectivity index (χ1v) is 12.4. The minimum Gasteiger partial charge on any atom is -0.476 e. The van der Waals surface area contributed by atoms with E-state index in [0.717, 1.165) is 66.7 Å². The minimum atomic E-state index is -4.13. The monoisotopic (exact) mass is 445 g/mol. The van der Waals surface area contributed by atoms with Gasteiger partial charge in [-0.3, -0.25) is 4.98 Å². The molecule has 0 aromatic carbocycles. The van der Waals surface area contributed by atoms with E-state index in [1.165, 1.54) is 6.20 Å². The average molecular weight is 446 g/mol. The predicted molar refractivity (Wildman–Crippen MR) is 114 cm³/mol. The molecule has 2 unspecified atom stereocenters. The van der Waals surface area contributed by atoms with Crippen molar-refractivity contribution < 1.29 is 17.9 Å². The lowest BCUT2D eigenvalue weighted by Gasteiger charge is -2.23. The van der Waals surface area contributed by atoms with Gasteiger partial charge in [-0.1, -0.05) is 13.8 Å². The summed E-state index contributed by atoms with van der Waals surface area (Å²) in [4.78, 5) is 17.5. The third kappa shape index (κ3) is 3.46. The van der Waals surface area contributed by atoms with Crippen LogP contribution in [0.15, 0.2) is 11.1 Å². The fourth-order valence-electron chi connectivity index (χ4n) is 4.83. The van der Waals surface area contributed by atoms with Gasteiger partial charge in [-0.05, 0) is 55.6 Å². The number of carbonyl (C=O) groups is 1. The molecular formula is C21H27N5O4S. The van der Waals surface area contributed by atoms with Gasteiger partial charge in [0.05, 0.1) is 25.0 Å². The van der Waals surface area contributed by atoms with Crippen molar-refractivity contribution in [1.82, 2.24) is 19.5 Å². The first-order chi connectivity index (χ1) is 14.9. The first kappa shape index (κ1) is 20.3. The summed E-state index contributed by atoms with van der Waals surface area (Å²) in [6, 6.07) is -0.774. The molecule has 2 aliphatic carbocycles. The molecule has 2 amide bonds. The second-order valence-electron chi connectivity index (χ2n) is 8.71. The van der Waals surface area contributed by atoms with Crippen molar-refractivity contribution in [2.75, 3.05) is 11.9 Å². The van der Waals surface area contributed by atoms with Crippen LogP contribution in [0.5, 0.6) is 5.88 Å². The Bertz CT molecular complexity index is 1160. The Morgan fingerprint density at radius 3 is 2.94 bits per heavy atom. The molecule has 0 spiro atoms. The number of amides is 2. The van der Waals surface area contributed by atoms with Gasteiger partial charge in [0.2, 0.25) is 5.88 Å². The average Bonchev–Trinajstić information content (AvgIpc) is 3.45. The molecular weight excluding hydrogens is 418 g/mol. The van der Waals surface area contributed by atoms with E-state index in [1.807, 2.05) is 0 Å². The largest absolute Gasteiger partial charge is 0.476 e. The summed E-state index contributed by atoms with van der Waals surface area (Å²) < 4.78 is 35.2. The molecule has 5 rings (SSSR count). The zero-order valence-electron chi connectivity index (χ0n) is 17.8. The lowest BCUT2D eigenvalue weighted by molar-refractivity contribution is 0.157. The Kier molecular flexibility index (Phi) is 4.91. The summed E-state index contributed by atoms with van der Waals surface area (Å²) in [5, 5.41) is 6.99. The molecule has 2 atom stereocenters. The Labute approximate surface area is 181 Å². The minimum absolute atomic E-state index is 0.115. The normalized spacial score (nSPS) is 21.7. The molecule has 2 N–H and O–H groups in total. The van der Waals surface area contributed by atoms with Crippen LogP contribution in [0, 0.1) is 5.92 Å². The van der Waals surface area contributed by atoms with Crippen molar-refractivity contribution in [1.29, 1.82) is 0 Å². The molecule has 3 aliphatic rings. The summed E-state index contributed by atoms with van der Waals surface area (Å²) >= 11 is 0. The smallest absolute Gasteiger partial charge is 0.333 e. The molecule has 31 heavy (non-hydrogen) atoms. The molecule has 0 fully saturated rings. The molecule has 166 valence electrons. The van der Waals surface area contributed by atoms with E-state index in [2.05, 4.69) is 29.0 Å². The van der Waals surface area contributed by atoms with Gasteiger partial charge in [0, 0.05) is 17.3 Å². The number of aromatic nitrogens is 3. The van der Waals surface area contributed by atoms with Crippen LogP contribution in [0.4, 0.5) is 10.5 Å². The molecule has 10 heteroatoms. The molecule has 1 aliphatic heterocycles. The van der Waals surface area contributed by atoms with E-state index in [-0.39, 0.29) is 16.7 Å². The molecule has 9 nitrogen and oxygen atoms in total. The highest BCUT2D eigenvalue weighted by atomic mass is 32.2. The molecule has 2 aromatic heterocycles. The van der Waals surface area contributed by atoms with Gasteiger partial charge in [-0.2, -0.15) is 5.10 Å². The maximum Gasteiger partial charge on any atom is 0.333 e. The molecule has 3 heterocycles. The van der Waals surface area contributed by atoms with Crippen molar-refractivity contribution in [3.63, 3.8) is 0 Å². The van der Waals surface area contributed by atoms with Gasteiger partial charge in [0.1, 0.15) is 0 Å². The number of pyridine rings is 1. The number of sulfonamides is 1. The van der Waals surface area contributed by atoms with Crippen LogP contribution in [-0.4, -0.2) is 35.8 Å². The van der Waals surface area contributed by atoms with Crippen LogP contribution in [0.1, 0.15) is 61.5 Å². The quantitative estimate of drug-likeness (QED) is 0.748. The molecule has 0 saturated heterocycles. The number of ether oxygens (including phenoxy) is 1. The summed E-state index contributed by atoms with van der Waals surface area (Å²) in [7, 11) is -4.13. The zero-order valence-corrected chi connectivity index (χ0v) is 18.6. The van der Waals surface area contributed by atoms with Crippen LogP contribution in [-0.2, 0) is 35.8 Å². The second kappa shape index (κ2) is 7.51. The lowest BCUT2D eigenvalue weighted by atomic mass is 10.0. The number of aryl methyl sites for hydroxylation is 1. The van der Waals surface area contributed by atoms with Gasteiger partial charge in [-0.15, -0.1) is 0 Å². The highest BCUT2D eigenvalue weighted by molar-refractivity contribution is 7.90. The number of carbonyl (C=O) groups excluding carboxylic acids is 1. The first-order valence-electron chi connectivity index (χ1n) is 10.9. The van der Waals surface area contributed by atoms with Crippen LogP contribution in [0.2, 0.25) is 0 Å². The number of hydrogen-bond acceptors (Lipinski definition) is 6. The van der Waals surface area contributed by atoms with E-state index in [9.17, 15) is 13.2 Å². The van der Waals surface area contributed by atoms with E-state index in [1.54, 1.807) is 4.68 Å². The van der Waals surface area contributed by atoms with Gasteiger partial charge in [0.15, 0.2) is 4.90 Å². The van der Waals surface area contributed by atoms with E-state index in [0.29, 0.717) is 19.1 Å². The fourth-order valence-corrected chi connectivity index (χ4v) is 5.81. The Balaban J connectivity index is 1.39. The van der Waals surface area contributed by atoms with Gasteiger partial charge in [-0.25, -0.2) is 22.6 Å². The molecule has 0 bridgehead atoms. The maximum absolute atomic E-state index is 12.9. The maximum atomic E-state index is 12.9. The van der Waals surface area contributed by atoms with Gasteiger partial charge < -0.3 is 10.1 Å². The number of nitrogens with zero attached hydrogens (tertiary/aromatic N) is 3. The highest BCUT2D eigenvalue weighted by Crippen LogP contribution is 2.41. The topological polar surface area (TPSA) is 115 Å². The number of anilines is 1. The molecule has 0 saturated carbocycles. The van der Waals surface area contributed by atoms with Crippen molar-refractivity contribution in [2.45, 2.75) is 69.7 Å². The van der Waals surface area contributed by atoms with E-state index >= 15 is 0 Å². The van der Waals surface area contributed by atoms with Crippen molar-refractivity contribution in [2.24, 2.45) is 5.92 Å². The third-order valence-corrected chi connectivity index (χ3v) is 7.94. The molecule has 2 aromatic rings. The number of nitrogens with one attached hydrogen (secondary N) is 2. The molecule has 0 radical (unpaired) electrons. The number of urea groups is 1. The lowest BCUT2D eigenvalue weighted by Crippen LogP contribution is -2.35. The summed E-state index contributed by atoms with van der Waals surface area (Å²) in [5.74, 6) is 0.818. The van der Waals surface area contributed by atoms with E-state index < -0.39 is 16.1 Å². The summed E-state index contributed by atoms with van der Waals surface area (Å²) in [6.07, 6.45) is 6.71. The van der Waals surface area contributed by atoms with Crippen LogP contribution in [0.3, 0.4) is 0 Å². The highest BCUT2D eigenvalue weighted by Gasteiger charge is 2.33. The zero-order chi connectivity index (χ0) is 21.8. The van der Waals surface area contributed by atoms with Crippen LogP contribution in [0.25, 0.3) is 0 Å². The number of hydrogen-bond donors (Lipinski definition) is 2. The van der Waals surface area contributed by atoms with E-state index in [4.69, 9.17) is 9.72 Å². The Morgan fingerprint density at radius 2 is 2.13 bits per heavy atom. The summed E-state index contributed by atoms with van der Waals surface area (Å²) in [6.45, 7) is 5.23. The van der Waals surface area contributed by atoms with Crippen molar-refractivity contribution in [3.8, 4) is 5.88 Å². The number of rotatable bonds is 4. The van der Waals surface area contributed by atoms with Crippen LogP contribution < -0.4 is 14.8 Å². The SMILES string of the molecule is CCC1COc2c(S(=O)(=O)NC(=O)Nc3c4c(nc5c3CCC5C)CCC4)cnn2C1. The van der Waals surface area contributed by atoms with Crippen molar-refractivity contribution >= 4 is 21.7 Å². The van der Waals surface area contributed by atoms with Gasteiger partial charge in [0.25, 0.3) is 10.0 Å². The second-order valence-corrected chi connectivity index (χ2v) is 10.4. The van der Waals surface area contributed by atoms with Crippen molar-refractivity contribution in [3.05, 3.63) is 28.7 Å². The summed E-state index contributed by atoms with van der Waals surface area (Å²) in [5.41, 5.74) is 4.88. The standard InChI is InChI=1S/C21H27N5O4S/c1-3-13-10-26-20(30-11-13)17(9-22-26)31(28,29)25-21(27)24-19-14-5-4-6-16(14)23-18-12(2)7-8-15(18)19/h9,12-13H,3-8,10-11H2,1-2H3,(H2,23,24,25,27). The Hall–Kier alpha value is -2.62. The fraction of sp³-hybridized carbons (Fsp3) is 0.571.